The summed E-state index contributed by atoms with van der Waals surface area (Å²) in [7, 11) is 0. The van der Waals surface area contributed by atoms with Gasteiger partial charge in [-0.3, -0.25) is 4.98 Å². The zero-order valence-corrected chi connectivity index (χ0v) is 11.7. The Hall–Kier alpha value is -2.44. The number of hydrogen-bond acceptors (Lipinski definition) is 7. The van der Waals surface area contributed by atoms with E-state index < -0.39 is 0 Å². The van der Waals surface area contributed by atoms with Crippen molar-refractivity contribution < 1.29 is 4.74 Å². The Balaban J connectivity index is 2.22. The van der Waals surface area contributed by atoms with Crippen LogP contribution in [0.15, 0.2) is 24.4 Å². The summed E-state index contributed by atoms with van der Waals surface area (Å²) in [5.41, 5.74) is 6.63. The van der Waals surface area contributed by atoms with Crippen molar-refractivity contribution in [2.45, 2.75) is 20.4 Å². The minimum absolute atomic E-state index is 0.151. The van der Waals surface area contributed by atoms with Gasteiger partial charge in [0.15, 0.2) is 0 Å². The third-order valence-corrected chi connectivity index (χ3v) is 2.64. The van der Waals surface area contributed by atoms with Crippen molar-refractivity contribution in [2.24, 2.45) is 0 Å². The van der Waals surface area contributed by atoms with Crippen LogP contribution >= 0.6 is 0 Å². The van der Waals surface area contributed by atoms with E-state index in [0.717, 1.165) is 12.2 Å². The van der Waals surface area contributed by atoms with Crippen LogP contribution in [0.2, 0.25) is 0 Å². The third-order valence-electron chi connectivity index (χ3n) is 2.64. The maximum atomic E-state index is 5.69. The summed E-state index contributed by atoms with van der Waals surface area (Å²) < 4.78 is 5.29. The molecule has 0 aliphatic heterocycles. The molecule has 0 atom stereocenters. The van der Waals surface area contributed by atoms with Gasteiger partial charge in [-0.1, -0.05) is 6.07 Å². The van der Waals surface area contributed by atoms with Gasteiger partial charge in [-0.25, -0.2) is 0 Å². The Morgan fingerprint density at radius 2 is 2.05 bits per heavy atom. The average Bonchev–Trinajstić information content (AvgIpc) is 2.45. The van der Waals surface area contributed by atoms with Gasteiger partial charge in [0.05, 0.1) is 18.8 Å². The number of pyridine rings is 1. The van der Waals surface area contributed by atoms with Crippen molar-refractivity contribution in [1.29, 1.82) is 0 Å². The minimum Gasteiger partial charge on any atom is -0.464 e. The lowest BCUT2D eigenvalue weighted by molar-refractivity contribution is 0.312. The molecule has 0 spiro atoms. The summed E-state index contributed by atoms with van der Waals surface area (Å²) in [6, 6.07) is 6.03. The van der Waals surface area contributed by atoms with Gasteiger partial charge in [0.25, 0.3) is 0 Å². The average molecular weight is 274 g/mol. The highest BCUT2D eigenvalue weighted by atomic mass is 16.5. The number of hydrogen-bond donors (Lipinski definition) is 1. The van der Waals surface area contributed by atoms with Crippen molar-refractivity contribution in [2.75, 3.05) is 23.8 Å². The highest BCUT2D eigenvalue weighted by Crippen LogP contribution is 2.15. The topological polar surface area (TPSA) is 90.0 Å². The molecule has 0 fully saturated rings. The first kappa shape index (κ1) is 14.0. The number of aromatic nitrogens is 4. The van der Waals surface area contributed by atoms with Crippen LogP contribution in [0.1, 0.15) is 19.5 Å². The normalized spacial score (nSPS) is 10.3. The van der Waals surface area contributed by atoms with Crippen LogP contribution in [0.4, 0.5) is 11.9 Å². The molecule has 2 rings (SSSR count). The zero-order valence-electron chi connectivity index (χ0n) is 11.7. The van der Waals surface area contributed by atoms with Crippen LogP contribution in [0.25, 0.3) is 0 Å². The van der Waals surface area contributed by atoms with E-state index in [0.29, 0.717) is 19.1 Å². The molecule has 0 aliphatic carbocycles. The molecule has 0 aromatic carbocycles. The third kappa shape index (κ3) is 3.53. The van der Waals surface area contributed by atoms with Crippen LogP contribution < -0.4 is 15.4 Å². The molecule has 2 N–H and O–H groups in total. The van der Waals surface area contributed by atoms with Gasteiger partial charge in [-0.05, 0) is 26.0 Å². The summed E-state index contributed by atoms with van der Waals surface area (Å²) in [5, 5.41) is 0. The standard InChI is InChI=1S/C13H18N6O/c1-3-19(9-10-7-5-6-8-15-10)12-16-11(14)17-13(18-12)20-4-2/h5-8H,3-4,9H2,1-2H3,(H2,14,16,17,18). The van der Waals surface area contributed by atoms with E-state index in [-0.39, 0.29) is 12.0 Å². The Kier molecular flexibility index (Phi) is 4.65. The van der Waals surface area contributed by atoms with Crippen LogP contribution in [0.5, 0.6) is 6.01 Å². The maximum Gasteiger partial charge on any atom is 0.323 e. The second-order valence-electron chi connectivity index (χ2n) is 4.04. The molecular weight excluding hydrogens is 256 g/mol. The highest BCUT2D eigenvalue weighted by Gasteiger charge is 2.12. The molecule has 0 amide bonds. The van der Waals surface area contributed by atoms with E-state index in [2.05, 4.69) is 19.9 Å². The lowest BCUT2D eigenvalue weighted by Gasteiger charge is -2.20. The number of nitrogens with zero attached hydrogens (tertiary/aromatic N) is 5. The van der Waals surface area contributed by atoms with Gasteiger partial charge in [-0.2, -0.15) is 15.0 Å². The number of rotatable bonds is 6. The summed E-state index contributed by atoms with van der Waals surface area (Å²) in [6.07, 6.45) is 1.76. The van der Waals surface area contributed by atoms with Crippen LogP contribution in [0, 0.1) is 0 Å². The molecule has 0 unspecified atom stereocenters. The summed E-state index contributed by atoms with van der Waals surface area (Å²) in [6.45, 7) is 5.70. The first-order valence-electron chi connectivity index (χ1n) is 6.52. The van der Waals surface area contributed by atoms with Gasteiger partial charge in [0.2, 0.25) is 11.9 Å². The monoisotopic (exact) mass is 274 g/mol. The molecule has 0 saturated carbocycles. The smallest absolute Gasteiger partial charge is 0.323 e. The maximum absolute atomic E-state index is 5.69. The molecule has 0 saturated heterocycles. The van der Waals surface area contributed by atoms with Gasteiger partial charge in [0, 0.05) is 12.7 Å². The van der Waals surface area contributed by atoms with E-state index in [1.165, 1.54) is 0 Å². The molecule has 106 valence electrons. The van der Waals surface area contributed by atoms with Gasteiger partial charge in [0.1, 0.15) is 0 Å². The fourth-order valence-electron chi connectivity index (χ4n) is 1.71. The second-order valence-corrected chi connectivity index (χ2v) is 4.04. The van der Waals surface area contributed by atoms with Crippen LogP contribution in [0.3, 0.4) is 0 Å². The van der Waals surface area contributed by atoms with E-state index in [4.69, 9.17) is 10.5 Å². The van der Waals surface area contributed by atoms with Crippen molar-refractivity contribution in [3.63, 3.8) is 0 Å². The summed E-state index contributed by atoms with van der Waals surface area (Å²) in [4.78, 5) is 18.6. The van der Waals surface area contributed by atoms with E-state index >= 15 is 0 Å². The number of nitrogens with two attached hydrogens (primary N) is 1. The minimum atomic E-state index is 0.151. The molecule has 7 heteroatoms. The second kappa shape index (κ2) is 6.65. The number of ether oxygens (including phenoxy) is 1. The predicted octanol–water partition coefficient (Wildman–Crippen LogP) is 1.27. The molecule has 2 heterocycles. The zero-order chi connectivity index (χ0) is 14.4. The van der Waals surface area contributed by atoms with E-state index in [1.54, 1.807) is 6.20 Å². The van der Waals surface area contributed by atoms with E-state index in [9.17, 15) is 0 Å². The van der Waals surface area contributed by atoms with Crippen molar-refractivity contribution in [1.82, 2.24) is 19.9 Å². The van der Waals surface area contributed by atoms with Crippen molar-refractivity contribution >= 4 is 11.9 Å². The highest BCUT2D eigenvalue weighted by molar-refractivity contribution is 5.36. The van der Waals surface area contributed by atoms with Gasteiger partial charge < -0.3 is 15.4 Å². The lowest BCUT2D eigenvalue weighted by atomic mass is 10.3. The summed E-state index contributed by atoms with van der Waals surface area (Å²) in [5.74, 6) is 0.645. The van der Waals surface area contributed by atoms with E-state index in [1.807, 2.05) is 36.9 Å². The predicted molar refractivity (Wildman–Crippen MR) is 76.4 cm³/mol. The fourth-order valence-corrected chi connectivity index (χ4v) is 1.71. The molecule has 7 nitrogen and oxygen atoms in total. The Morgan fingerprint density at radius 1 is 1.20 bits per heavy atom. The Bertz CT molecular complexity index is 548. The SMILES string of the molecule is CCOc1nc(N)nc(N(CC)Cc2ccccn2)n1. The Morgan fingerprint density at radius 3 is 2.70 bits per heavy atom. The van der Waals surface area contributed by atoms with Crippen LogP contribution in [-0.2, 0) is 6.54 Å². The molecular formula is C13H18N6O. The molecule has 0 aliphatic rings. The summed E-state index contributed by atoms with van der Waals surface area (Å²) >= 11 is 0. The molecule has 2 aromatic heterocycles. The number of anilines is 2. The van der Waals surface area contributed by atoms with Crippen molar-refractivity contribution in [3.05, 3.63) is 30.1 Å². The molecule has 0 radical (unpaired) electrons. The first-order chi connectivity index (χ1) is 9.72. The van der Waals surface area contributed by atoms with Crippen molar-refractivity contribution in [3.8, 4) is 6.01 Å². The first-order valence-corrected chi connectivity index (χ1v) is 6.52. The van der Waals surface area contributed by atoms with Gasteiger partial charge in [-0.15, -0.1) is 0 Å². The molecule has 20 heavy (non-hydrogen) atoms. The quantitative estimate of drug-likeness (QED) is 0.848. The lowest BCUT2D eigenvalue weighted by Crippen LogP contribution is -2.25. The van der Waals surface area contributed by atoms with Gasteiger partial charge >= 0.3 is 6.01 Å². The molecule has 2 aromatic rings. The molecule has 0 bridgehead atoms. The van der Waals surface area contributed by atoms with Crippen LogP contribution in [-0.4, -0.2) is 33.1 Å². The number of nitrogen functional groups attached to an aromatic ring is 1. The fraction of sp³-hybridized carbons (Fsp3) is 0.385. The Labute approximate surface area is 117 Å². The largest absolute Gasteiger partial charge is 0.464 e.